The van der Waals surface area contributed by atoms with Crippen molar-refractivity contribution in [2.24, 2.45) is 5.73 Å². The van der Waals surface area contributed by atoms with Crippen LogP contribution >= 0.6 is 0 Å². The third-order valence-corrected chi connectivity index (χ3v) is 1.00. The molecule has 0 aliphatic rings. The highest BCUT2D eigenvalue weighted by molar-refractivity contribution is 5.75. The highest BCUT2D eigenvalue weighted by Crippen LogP contribution is 2.03. The summed E-state index contributed by atoms with van der Waals surface area (Å²) in [7, 11) is 0. The number of carboxylic acids is 1. The van der Waals surface area contributed by atoms with Gasteiger partial charge in [-0.05, 0) is 0 Å². The van der Waals surface area contributed by atoms with Crippen LogP contribution in [-0.2, 0) is 4.79 Å². The van der Waals surface area contributed by atoms with Crippen molar-refractivity contribution >= 4 is 5.97 Å². The summed E-state index contributed by atoms with van der Waals surface area (Å²) in [5.74, 6) is -1.37. The molecule has 54 valence electrons. The number of hydrogen-bond acceptors (Lipinski definition) is 3. The minimum Gasteiger partial charge on any atom is -0.478 e. The van der Waals surface area contributed by atoms with Crippen molar-refractivity contribution in [2.45, 2.75) is 25.5 Å². The van der Waals surface area contributed by atoms with Gasteiger partial charge in [-0.3, -0.25) is 5.73 Å². The van der Waals surface area contributed by atoms with Crippen LogP contribution in [0.5, 0.6) is 0 Å². The molecule has 0 aromatic rings. The maximum atomic E-state index is 10.0. The lowest BCUT2D eigenvalue weighted by Gasteiger charge is -2.15. The first kappa shape index (κ1) is 8.39. The number of carbonyl (C=O) groups is 1. The Morgan fingerprint density at radius 1 is 1.78 bits per heavy atom. The van der Waals surface area contributed by atoms with E-state index < -0.39 is 11.7 Å². The SMILES string of the molecule is CCCC(N)(O)C(=O)O. The molecular weight excluding hydrogens is 122 g/mol. The monoisotopic (exact) mass is 133 g/mol. The zero-order valence-corrected chi connectivity index (χ0v) is 5.29. The van der Waals surface area contributed by atoms with E-state index in [0.29, 0.717) is 6.42 Å². The molecule has 1 atom stereocenters. The third kappa shape index (κ3) is 2.43. The molecular formula is C5H11NO3. The molecule has 0 saturated heterocycles. The van der Waals surface area contributed by atoms with Crippen molar-refractivity contribution in [3.05, 3.63) is 0 Å². The Hall–Kier alpha value is -0.610. The standard InChI is InChI=1S/C5H11NO3/c1-2-3-5(6,9)4(7)8/h9H,2-3,6H2,1H3,(H,7,8). The Kier molecular flexibility index (Phi) is 2.61. The second-order valence-electron chi connectivity index (χ2n) is 1.98. The van der Waals surface area contributed by atoms with Crippen LogP contribution in [0.2, 0.25) is 0 Å². The topological polar surface area (TPSA) is 83.5 Å². The molecule has 4 heteroatoms. The van der Waals surface area contributed by atoms with Gasteiger partial charge in [0.2, 0.25) is 5.72 Å². The molecule has 0 radical (unpaired) electrons. The molecule has 1 unspecified atom stereocenters. The molecule has 0 aliphatic carbocycles. The van der Waals surface area contributed by atoms with E-state index in [1.54, 1.807) is 6.92 Å². The van der Waals surface area contributed by atoms with Crippen molar-refractivity contribution in [2.75, 3.05) is 0 Å². The molecule has 4 nitrogen and oxygen atoms in total. The lowest BCUT2D eigenvalue weighted by molar-refractivity contribution is -0.158. The molecule has 0 aromatic carbocycles. The summed E-state index contributed by atoms with van der Waals surface area (Å²) in [6.07, 6.45) is 0.641. The average molecular weight is 133 g/mol. The maximum Gasteiger partial charge on any atom is 0.350 e. The molecule has 0 fully saturated rings. The van der Waals surface area contributed by atoms with Crippen LogP contribution in [0.25, 0.3) is 0 Å². The van der Waals surface area contributed by atoms with Gasteiger partial charge in [-0.1, -0.05) is 13.3 Å². The molecule has 4 N–H and O–H groups in total. The fourth-order valence-electron chi connectivity index (χ4n) is 0.488. The number of aliphatic hydroxyl groups is 1. The largest absolute Gasteiger partial charge is 0.478 e. The van der Waals surface area contributed by atoms with Crippen LogP contribution in [0.3, 0.4) is 0 Å². The highest BCUT2D eigenvalue weighted by Gasteiger charge is 2.28. The lowest BCUT2D eigenvalue weighted by atomic mass is 10.1. The molecule has 0 amide bonds. The summed E-state index contributed by atoms with van der Waals surface area (Å²) in [6.45, 7) is 1.75. The molecule has 0 heterocycles. The Morgan fingerprint density at radius 3 is 2.33 bits per heavy atom. The van der Waals surface area contributed by atoms with Crippen molar-refractivity contribution in [3.8, 4) is 0 Å². The van der Waals surface area contributed by atoms with Gasteiger partial charge in [-0.15, -0.1) is 0 Å². The van der Waals surface area contributed by atoms with E-state index in [4.69, 9.17) is 15.9 Å². The van der Waals surface area contributed by atoms with Gasteiger partial charge >= 0.3 is 5.97 Å². The van der Waals surface area contributed by atoms with Gasteiger partial charge < -0.3 is 10.2 Å². The third-order valence-electron chi connectivity index (χ3n) is 1.00. The smallest absolute Gasteiger partial charge is 0.350 e. The molecule has 0 saturated carbocycles. The van der Waals surface area contributed by atoms with E-state index in [9.17, 15) is 4.79 Å². The first-order chi connectivity index (χ1) is 4.00. The van der Waals surface area contributed by atoms with Crippen molar-refractivity contribution in [1.29, 1.82) is 0 Å². The quantitative estimate of drug-likeness (QED) is 0.454. The van der Waals surface area contributed by atoms with Gasteiger partial charge in [0, 0.05) is 6.42 Å². The minimum atomic E-state index is -2.03. The fourth-order valence-corrected chi connectivity index (χ4v) is 0.488. The zero-order chi connectivity index (χ0) is 7.49. The Morgan fingerprint density at radius 2 is 2.22 bits per heavy atom. The summed E-state index contributed by atoms with van der Waals surface area (Å²) in [6, 6.07) is 0. The van der Waals surface area contributed by atoms with Gasteiger partial charge in [-0.2, -0.15) is 0 Å². The number of nitrogens with two attached hydrogens (primary N) is 1. The Balaban J connectivity index is 3.85. The van der Waals surface area contributed by atoms with Crippen molar-refractivity contribution in [1.82, 2.24) is 0 Å². The second-order valence-corrected chi connectivity index (χ2v) is 1.98. The van der Waals surface area contributed by atoms with E-state index >= 15 is 0 Å². The van der Waals surface area contributed by atoms with Crippen LogP contribution < -0.4 is 5.73 Å². The van der Waals surface area contributed by atoms with E-state index in [-0.39, 0.29) is 6.42 Å². The van der Waals surface area contributed by atoms with E-state index in [2.05, 4.69) is 0 Å². The maximum absolute atomic E-state index is 10.0. The fraction of sp³-hybridized carbons (Fsp3) is 0.800. The van der Waals surface area contributed by atoms with E-state index in [1.165, 1.54) is 0 Å². The van der Waals surface area contributed by atoms with Gasteiger partial charge in [0.1, 0.15) is 0 Å². The first-order valence-corrected chi connectivity index (χ1v) is 2.75. The van der Waals surface area contributed by atoms with Crippen LogP contribution in [0.1, 0.15) is 19.8 Å². The van der Waals surface area contributed by atoms with Crippen LogP contribution in [0, 0.1) is 0 Å². The minimum absolute atomic E-state index is 0.0856. The molecule has 9 heavy (non-hydrogen) atoms. The Bertz CT molecular complexity index is 111. The normalized spacial score (nSPS) is 16.8. The van der Waals surface area contributed by atoms with Gasteiger partial charge in [-0.25, -0.2) is 4.79 Å². The molecule has 0 aromatic heterocycles. The number of hydrogen-bond donors (Lipinski definition) is 3. The first-order valence-electron chi connectivity index (χ1n) is 2.75. The van der Waals surface area contributed by atoms with Gasteiger partial charge in [0.15, 0.2) is 0 Å². The highest BCUT2D eigenvalue weighted by atomic mass is 16.4. The lowest BCUT2D eigenvalue weighted by Crippen LogP contribution is -2.47. The summed E-state index contributed by atoms with van der Waals surface area (Å²) in [4.78, 5) is 10.0. The molecule has 0 rings (SSSR count). The van der Waals surface area contributed by atoms with E-state index in [1.807, 2.05) is 0 Å². The second kappa shape index (κ2) is 2.80. The van der Waals surface area contributed by atoms with Gasteiger partial charge in [0.05, 0.1) is 0 Å². The summed E-state index contributed by atoms with van der Waals surface area (Å²) in [5, 5.41) is 17.0. The van der Waals surface area contributed by atoms with Crippen molar-refractivity contribution in [3.63, 3.8) is 0 Å². The molecule has 0 aliphatic heterocycles. The zero-order valence-electron chi connectivity index (χ0n) is 5.29. The number of carboxylic acid groups (broad SMARTS) is 1. The predicted octanol–water partition coefficient (Wildman–Crippen LogP) is -0.482. The molecule has 0 bridgehead atoms. The van der Waals surface area contributed by atoms with Crippen molar-refractivity contribution < 1.29 is 15.0 Å². The number of rotatable bonds is 3. The van der Waals surface area contributed by atoms with Crippen LogP contribution in [0.15, 0.2) is 0 Å². The number of aliphatic carboxylic acids is 1. The molecule has 0 spiro atoms. The van der Waals surface area contributed by atoms with E-state index in [0.717, 1.165) is 0 Å². The summed E-state index contributed by atoms with van der Waals surface area (Å²) >= 11 is 0. The summed E-state index contributed by atoms with van der Waals surface area (Å²) in [5.41, 5.74) is 2.89. The average Bonchev–Trinajstić information content (AvgIpc) is 1.65. The predicted molar refractivity (Wildman–Crippen MR) is 31.7 cm³/mol. The van der Waals surface area contributed by atoms with Crippen LogP contribution in [-0.4, -0.2) is 21.9 Å². The summed E-state index contributed by atoms with van der Waals surface area (Å²) < 4.78 is 0. The van der Waals surface area contributed by atoms with Gasteiger partial charge in [0.25, 0.3) is 0 Å². The Labute approximate surface area is 53.3 Å². The van der Waals surface area contributed by atoms with Crippen LogP contribution in [0.4, 0.5) is 0 Å².